The molecule has 0 aliphatic rings. The summed E-state index contributed by atoms with van der Waals surface area (Å²) in [6.45, 7) is -0.140. The van der Waals surface area contributed by atoms with E-state index in [9.17, 15) is 9.59 Å². The first-order chi connectivity index (χ1) is 11.6. The Balaban J connectivity index is 1.87. The van der Waals surface area contributed by atoms with Crippen LogP contribution in [0.15, 0.2) is 48.5 Å². The van der Waals surface area contributed by atoms with Gasteiger partial charge in [0.25, 0.3) is 5.91 Å². The Kier molecular flexibility index (Phi) is 6.01. The second-order valence-corrected chi connectivity index (χ2v) is 4.77. The lowest BCUT2D eigenvalue weighted by Gasteiger charge is -2.11. The molecule has 0 fully saturated rings. The molecule has 0 unspecified atom stereocenters. The first-order valence-electron chi connectivity index (χ1n) is 7.27. The van der Waals surface area contributed by atoms with Crippen LogP contribution in [0.4, 0.5) is 16.2 Å². The average Bonchev–Trinajstić information content (AvgIpc) is 2.61. The van der Waals surface area contributed by atoms with E-state index >= 15 is 0 Å². The Labute approximate surface area is 140 Å². The molecule has 0 atom stereocenters. The van der Waals surface area contributed by atoms with Crippen LogP contribution in [0.5, 0.6) is 11.5 Å². The van der Waals surface area contributed by atoms with Gasteiger partial charge in [-0.25, -0.2) is 4.79 Å². The number of nitrogens with one attached hydrogen (secondary N) is 3. The Morgan fingerprint density at radius 3 is 2.08 bits per heavy atom. The zero-order valence-corrected chi connectivity index (χ0v) is 13.5. The molecule has 0 heterocycles. The highest BCUT2D eigenvalue weighted by atomic mass is 16.5. The molecule has 0 aliphatic carbocycles. The van der Waals surface area contributed by atoms with E-state index in [1.807, 2.05) is 6.07 Å². The highest BCUT2D eigenvalue weighted by molar-refractivity contribution is 5.93. The molecule has 0 aromatic heterocycles. The number of hydrogen-bond donors (Lipinski definition) is 3. The maximum atomic E-state index is 11.9. The molecule has 0 saturated heterocycles. The Morgan fingerprint density at radius 2 is 1.50 bits per heavy atom. The van der Waals surface area contributed by atoms with Crippen LogP contribution in [0.25, 0.3) is 0 Å². The van der Waals surface area contributed by atoms with Gasteiger partial charge in [0.1, 0.15) is 0 Å². The van der Waals surface area contributed by atoms with E-state index in [0.717, 1.165) is 0 Å². The number of benzene rings is 2. The minimum atomic E-state index is -0.308. The molecule has 7 heteroatoms. The molecular formula is C17H19N3O4. The van der Waals surface area contributed by atoms with Crippen molar-refractivity contribution in [2.75, 3.05) is 31.4 Å². The van der Waals surface area contributed by atoms with Gasteiger partial charge in [0, 0.05) is 18.4 Å². The van der Waals surface area contributed by atoms with E-state index in [-0.39, 0.29) is 18.5 Å². The smallest absolute Gasteiger partial charge is 0.318 e. The van der Waals surface area contributed by atoms with Crippen molar-refractivity contribution in [3.05, 3.63) is 48.5 Å². The van der Waals surface area contributed by atoms with Gasteiger partial charge < -0.3 is 25.4 Å². The number of hydrogen-bond acceptors (Lipinski definition) is 4. The topological polar surface area (TPSA) is 88.7 Å². The third-order valence-electron chi connectivity index (χ3n) is 3.08. The number of urea groups is 1. The molecule has 2 aromatic rings. The summed E-state index contributed by atoms with van der Waals surface area (Å²) in [4.78, 5) is 23.1. The highest BCUT2D eigenvalue weighted by Gasteiger charge is 2.07. The van der Waals surface area contributed by atoms with E-state index in [0.29, 0.717) is 22.9 Å². The lowest BCUT2D eigenvalue weighted by molar-refractivity contribution is -0.118. The zero-order valence-electron chi connectivity index (χ0n) is 13.5. The van der Waals surface area contributed by atoms with Crippen molar-refractivity contribution in [3.8, 4) is 11.5 Å². The number of anilines is 2. The van der Waals surface area contributed by atoms with Crippen molar-refractivity contribution in [2.24, 2.45) is 0 Å². The maximum absolute atomic E-state index is 11.9. The van der Waals surface area contributed by atoms with Crippen LogP contribution in [0.3, 0.4) is 0 Å². The molecule has 0 bridgehead atoms. The number of carbonyl (C=O) groups is 2. The second-order valence-electron chi connectivity index (χ2n) is 4.77. The summed E-state index contributed by atoms with van der Waals surface area (Å²) >= 11 is 0. The van der Waals surface area contributed by atoms with Crippen molar-refractivity contribution in [3.63, 3.8) is 0 Å². The highest BCUT2D eigenvalue weighted by Crippen LogP contribution is 2.25. The molecular weight excluding hydrogens is 310 g/mol. The summed E-state index contributed by atoms with van der Waals surface area (Å²) in [7, 11) is 3.07. The van der Waals surface area contributed by atoms with Crippen LogP contribution in [-0.2, 0) is 4.79 Å². The van der Waals surface area contributed by atoms with Gasteiger partial charge in [-0.1, -0.05) is 12.1 Å². The number of carbonyl (C=O) groups excluding carboxylic acids is 2. The van der Waals surface area contributed by atoms with Crippen LogP contribution in [0, 0.1) is 0 Å². The van der Waals surface area contributed by atoms with Crippen LogP contribution in [-0.4, -0.2) is 32.7 Å². The van der Waals surface area contributed by atoms with Gasteiger partial charge in [-0.15, -0.1) is 0 Å². The fourth-order valence-corrected chi connectivity index (χ4v) is 1.91. The second kappa shape index (κ2) is 8.42. The number of rotatable bonds is 6. The van der Waals surface area contributed by atoms with E-state index in [1.54, 1.807) is 42.5 Å². The van der Waals surface area contributed by atoms with Crippen molar-refractivity contribution in [1.29, 1.82) is 0 Å². The largest absolute Gasteiger partial charge is 0.493 e. The predicted octanol–water partition coefficient (Wildman–Crippen LogP) is 2.46. The van der Waals surface area contributed by atoms with Crippen molar-refractivity contribution >= 4 is 23.3 Å². The molecule has 0 spiro atoms. The summed E-state index contributed by atoms with van der Waals surface area (Å²) in [5, 5.41) is 7.80. The van der Waals surface area contributed by atoms with E-state index < -0.39 is 0 Å². The molecule has 7 nitrogen and oxygen atoms in total. The van der Waals surface area contributed by atoms with Crippen molar-refractivity contribution < 1.29 is 19.1 Å². The molecule has 2 aromatic carbocycles. The zero-order chi connectivity index (χ0) is 17.4. The quantitative estimate of drug-likeness (QED) is 0.759. The summed E-state index contributed by atoms with van der Waals surface area (Å²) in [6.07, 6.45) is 0. The SMILES string of the molecule is CNC(=O)Nc1ccc(NC(=O)COc2ccccc2OC)cc1. The fourth-order valence-electron chi connectivity index (χ4n) is 1.91. The van der Waals surface area contributed by atoms with Gasteiger partial charge in [0.05, 0.1) is 7.11 Å². The molecule has 126 valence electrons. The first kappa shape index (κ1) is 17.1. The van der Waals surface area contributed by atoms with Crippen molar-refractivity contribution in [1.82, 2.24) is 5.32 Å². The van der Waals surface area contributed by atoms with Crippen LogP contribution in [0.1, 0.15) is 0 Å². The first-order valence-corrected chi connectivity index (χ1v) is 7.27. The van der Waals surface area contributed by atoms with Crippen LogP contribution >= 0.6 is 0 Å². The fraction of sp³-hybridized carbons (Fsp3) is 0.176. The third-order valence-corrected chi connectivity index (χ3v) is 3.08. The molecule has 2 rings (SSSR count). The molecule has 0 aliphatic heterocycles. The van der Waals surface area contributed by atoms with E-state index in [4.69, 9.17) is 9.47 Å². The standard InChI is InChI=1S/C17H19N3O4/c1-18-17(22)20-13-9-7-12(8-10-13)19-16(21)11-24-15-6-4-3-5-14(15)23-2/h3-10H,11H2,1-2H3,(H,19,21)(H2,18,20,22). The summed E-state index contributed by atoms with van der Waals surface area (Å²) in [5.74, 6) is 0.767. The summed E-state index contributed by atoms with van der Waals surface area (Å²) in [5.41, 5.74) is 1.23. The Bertz CT molecular complexity index is 701. The summed E-state index contributed by atoms with van der Waals surface area (Å²) < 4.78 is 10.6. The van der Waals surface area contributed by atoms with E-state index in [2.05, 4.69) is 16.0 Å². The number of ether oxygens (including phenoxy) is 2. The number of amides is 3. The molecule has 0 saturated carbocycles. The van der Waals surface area contributed by atoms with Gasteiger partial charge in [0.15, 0.2) is 18.1 Å². The Morgan fingerprint density at radius 1 is 0.917 bits per heavy atom. The predicted molar refractivity (Wildman–Crippen MR) is 91.6 cm³/mol. The molecule has 0 radical (unpaired) electrons. The molecule has 24 heavy (non-hydrogen) atoms. The molecule has 3 amide bonds. The Hall–Kier alpha value is -3.22. The average molecular weight is 329 g/mol. The maximum Gasteiger partial charge on any atom is 0.318 e. The minimum Gasteiger partial charge on any atom is -0.493 e. The van der Waals surface area contributed by atoms with Gasteiger partial charge in [-0.05, 0) is 36.4 Å². The summed E-state index contributed by atoms with van der Waals surface area (Å²) in [6, 6.07) is 13.5. The minimum absolute atomic E-state index is 0.140. The van der Waals surface area contributed by atoms with Gasteiger partial charge in [0.2, 0.25) is 0 Å². The normalized spacial score (nSPS) is 9.75. The molecule has 3 N–H and O–H groups in total. The lowest BCUT2D eigenvalue weighted by atomic mass is 10.3. The van der Waals surface area contributed by atoms with Gasteiger partial charge >= 0.3 is 6.03 Å². The van der Waals surface area contributed by atoms with Crippen LogP contribution < -0.4 is 25.4 Å². The van der Waals surface area contributed by atoms with E-state index in [1.165, 1.54) is 14.2 Å². The number of methoxy groups -OCH3 is 1. The third kappa shape index (κ3) is 4.91. The van der Waals surface area contributed by atoms with Gasteiger partial charge in [-0.2, -0.15) is 0 Å². The van der Waals surface area contributed by atoms with Crippen molar-refractivity contribution in [2.45, 2.75) is 0 Å². The monoisotopic (exact) mass is 329 g/mol. The number of para-hydroxylation sites is 2. The van der Waals surface area contributed by atoms with Crippen LogP contribution in [0.2, 0.25) is 0 Å². The lowest BCUT2D eigenvalue weighted by Crippen LogP contribution is -2.24. The van der Waals surface area contributed by atoms with Gasteiger partial charge in [-0.3, -0.25) is 4.79 Å².